The molecule has 2 N–H and O–H groups in total. The van der Waals surface area contributed by atoms with Crippen LogP contribution in [0.3, 0.4) is 0 Å². The first-order valence-corrected chi connectivity index (χ1v) is 6.49. The normalized spacial score (nSPS) is 23.9. The van der Waals surface area contributed by atoms with Crippen molar-refractivity contribution in [3.8, 4) is 0 Å². The Balaban J connectivity index is 1.83. The van der Waals surface area contributed by atoms with Gasteiger partial charge in [-0.2, -0.15) is 0 Å². The lowest BCUT2D eigenvalue weighted by Gasteiger charge is -2.34. The summed E-state index contributed by atoms with van der Waals surface area (Å²) in [4.78, 5) is 12.2. The molecule has 1 aliphatic rings. The molecule has 2 atom stereocenters. The quantitative estimate of drug-likeness (QED) is 0.826. The van der Waals surface area contributed by atoms with Crippen LogP contribution >= 0.6 is 11.6 Å². The highest BCUT2D eigenvalue weighted by Crippen LogP contribution is 2.17. The summed E-state index contributed by atoms with van der Waals surface area (Å²) in [7, 11) is 0. The van der Waals surface area contributed by atoms with E-state index in [1.54, 1.807) is 0 Å². The molecule has 1 fully saturated rings. The van der Waals surface area contributed by atoms with E-state index in [0.717, 1.165) is 13.0 Å². The molecule has 1 aromatic carbocycles. The largest absolute Gasteiger partial charge is 0.465 e. The van der Waals surface area contributed by atoms with Crippen LogP contribution in [-0.4, -0.2) is 40.6 Å². The monoisotopic (exact) mass is 268 g/mol. The van der Waals surface area contributed by atoms with Crippen molar-refractivity contribution in [3.05, 3.63) is 35.9 Å². The molecule has 0 aliphatic carbocycles. The summed E-state index contributed by atoms with van der Waals surface area (Å²) >= 11 is 6.22. The molecule has 0 radical (unpaired) electrons. The maximum Gasteiger partial charge on any atom is 0.407 e. The zero-order chi connectivity index (χ0) is 13.0. The number of benzene rings is 1. The fourth-order valence-electron chi connectivity index (χ4n) is 2.15. The summed E-state index contributed by atoms with van der Waals surface area (Å²) in [6.45, 7) is 1.70. The molecule has 0 aromatic heterocycles. The molecule has 98 valence electrons. The minimum atomic E-state index is -0.887. The molecule has 0 unspecified atom stereocenters. The fourth-order valence-corrected chi connectivity index (χ4v) is 2.53. The van der Waals surface area contributed by atoms with Crippen LogP contribution in [0.2, 0.25) is 0 Å². The smallest absolute Gasteiger partial charge is 0.407 e. The highest BCUT2D eigenvalue weighted by molar-refractivity contribution is 6.21. The van der Waals surface area contributed by atoms with E-state index in [1.807, 2.05) is 18.2 Å². The van der Waals surface area contributed by atoms with Crippen molar-refractivity contribution in [1.82, 2.24) is 10.2 Å². The van der Waals surface area contributed by atoms with Crippen LogP contribution in [0.25, 0.3) is 0 Å². The van der Waals surface area contributed by atoms with E-state index in [4.69, 9.17) is 16.7 Å². The molecule has 2 rings (SSSR count). The average Bonchev–Trinajstić information content (AvgIpc) is 2.38. The Morgan fingerprint density at radius 3 is 2.78 bits per heavy atom. The third-order valence-corrected chi connectivity index (χ3v) is 3.67. The lowest BCUT2D eigenvalue weighted by molar-refractivity contribution is 0.130. The van der Waals surface area contributed by atoms with Crippen molar-refractivity contribution in [3.63, 3.8) is 0 Å². The lowest BCUT2D eigenvalue weighted by atomic mass is 10.0. The van der Waals surface area contributed by atoms with E-state index in [0.29, 0.717) is 13.1 Å². The highest BCUT2D eigenvalue weighted by atomic mass is 35.5. The Kier molecular flexibility index (Phi) is 4.44. The van der Waals surface area contributed by atoms with Crippen molar-refractivity contribution < 1.29 is 9.90 Å². The molecule has 1 aromatic rings. The fraction of sp³-hybridized carbons (Fsp3) is 0.462. The first kappa shape index (κ1) is 13.2. The van der Waals surface area contributed by atoms with E-state index in [9.17, 15) is 4.79 Å². The van der Waals surface area contributed by atoms with Gasteiger partial charge in [-0.25, -0.2) is 4.79 Å². The van der Waals surface area contributed by atoms with Crippen molar-refractivity contribution in [2.45, 2.75) is 24.4 Å². The number of piperidine rings is 1. The first-order chi connectivity index (χ1) is 8.66. The minimum Gasteiger partial charge on any atom is -0.465 e. The number of rotatable bonds is 3. The predicted molar refractivity (Wildman–Crippen MR) is 70.9 cm³/mol. The van der Waals surface area contributed by atoms with Crippen LogP contribution in [0.1, 0.15) is 12.0 Å². The topological polar surface area (TPSA) is 52.6 Å². The molecule has 4 nitrogen and oxygen atoms in total. The Hall–Kier alpha value is -1.26. The van der Waals surface area contributed by atoms with E-state index < -0.39 is 6.09 Å². The standard InChI is InChI=1S/C13H17ClN2O2/c14-11-9-16(13(17)18)7-6-12(11)15-8-10-4-2-1-3-5-10/h1-5,11-12,15H,6-9H2,(H,17,18)/t11-,12+/m0/s1. The zero-order valence-corrected chi connectivity index (χ0v) is 10.8. The second-order valence-electron chi connectivity index (χ2n) is 4.51. The van der Waals surface area contributed by atoms with Crippen LogP contribution in [-0.2, 0) is 6.54 Å². The molecule has 1 heterocycles. The second-order valence-corrected chi connectivity index (χ2v) is 5.07. The van der Waals surface area contributed by atoms with Gasteiger partial charge in [0.1, 0.15) is 0 Å². The Morgan fingerprint density at radius 1 is 1.44 bits per heavy atom. The zero-order valence-electron chi connectivity index (χ0n) is 10.1. The van der Waals surface area contributed by atoms with Gasteiger partial charge >= 0.3 is 6.09 Å². The first-order valence-electron chi connectivity index (χ1n) is 6.06. The summed E-state index contributed by atoms with van der Waals surface area (Å²) in [5.41, 5.74) is 1.21. The van der Waals surface area contributed by atoms with E-state index in [2.05, 4.69) is 17.4 Å². The third-order valence-electron chi connectivity index (χ3n) is 3.22. The number of halogens is 1. The third kappa shape index (κ3) is 3.37. The van der Waals surface area contributed by atoms with Crippen LogP contribution in [0.15, 0.2) is 30.3 Å². The average molecular weight is 269 g/mol. The van der Waals surface area contributed by atoms with E-state index >= 15 is 0 Å². The maximum absolute atomic E-state index is 10.8. The summed E-state index contributed by atoms with van der Waals surface area (Å²) in [5, 5.41) is 12.1. The van der Waals surface area contributed by atoms with Gasteiger partial charge in [0, 0.05) is 25.7 Å². The number of hydrogen-bond donors (Lipinski definition) is 2. The molecule has 1 aliphatic heterocycles. The van der Waals surface area contributed by atoms with Gasteiger partial charge in [-0.05, 0) is 12.0 Å². The molecular formula is C13H17ClN2O2. The number of nitrogens with zero attached hydrogens (tertiary/aromatic N) is 1. The molecule has 0 bridgehead atoms. The number of amides is 1. The number of likely N-dealkylation sites (tertiary alicyclic amines) is 1. The van der Waals surface area contributed by atoms with Crippen LogP contribution in [0.5, 0.6) is 0 Å². The molecular weight excluding hydrogens is 252 g/mol. The number of carbonyl (C=O) groups is 1. The molecule has 0 saturated carbocycles. The Morgan fingerprint density at radius 2 is 2.17 bits per heavy atom. The maximum atomic E-state index is 10.8. The molecule has 18 heavy (non-hydrogen) atoms. The Labute approximate surface area is 112 Å². The Bertz CT molecular complexity index is 399. The predicted octanol–water partition coefficient (Wildman–Crippen LogP) is 2.14. The van der Waals surface area contributed by atoms with Gasteiger partial charge in [0.05, 0.1) is 5.38 Å². The summed E-state index contributed by atoms with van der Waals surface area (Å²) in [6, 6.07) is 10.3. The van der Waals surface area contributed by atoms with Crippen molar-refractivity contribution in [2.75, 3.05) is 13.1 Å². The van der Waals surface area contributed by atoms with E-state index in [1.165, 1.54) is 10.5 Å². The highest BCUT2D eigenvalue weighted by Gasteiger charge is 2.29. The van der Waals surface area contributed by atoms with Gasteiger partial charge in [0.2, 0.25) is 0 Å². The van der Waals surface area contributed by atoms with Gasteiger partial charge in [0.15, 0.2) is 0 Å². The second kappa shape index (κ2) is 6.07. The van der Waals surface area contributed by atoms with Crippen molar-refractivity contribution >= 4 is 17.7 Å². The summed E-state index contributed by atoms with van der Waals surface area (Å²) in [5.74, 6) is 0. The molecule has 1 saturated heterocycles. The lowest BCUT2D eigenvalue weighted by Crippen LogP contribution is -2.51. The molecule has 5 heteroatoms. The SMILES string of the molecule is O=C(O)N1CC[C@@H](NCc2ccccc2)[C@@H](Cl)C1. The number of nitrogens with one attached hydrogen (secondary N) is 1. The van der Waals surface area contributed by atoms with Crippen LogP contribution < -0.4 is 5.32 Å². The number of hydrogen-bond acceptors (Lipinski definition) is 2. The van der Waals surface area contributed by atoms with Gasteiger partial charge in [-0.1, -0.05) is 30.3 Å². The minimum absolute atomic E-state index is 0.168. The molecule has 0 spiro atoms. The van der Waals surface area contributed by atoms with Crippen LogP contribution in [0.4, 0.5) is 4.79 Å². The van der Waals surface area contributed by atoms with Crippen LogP contribution in [0, 0.1) is 0 Å². The van der Waals surface area contributed by atoms with Crippen molar-refractivity contribution in [1.29, 1.82) is 0 Å². The van der Waals surface area contributed by atoms with Gasteiger partial charge in [0.25, 0.3) is 0 Å². The summed E-state index contributed by atoms with van der Waals surface area (Å²) < 4.78 is 0. The van der Waals surface area contributed by atoms with E-state index in [-0.39, 0.29) is 11.4 Å². The molecule has 1 amide bonds. The van der Waals surface area contributed by atoms with Crippen molar-refractivity contribution in [2.24, 2.45) is 0 Å². The van der Waals surface area contributed by atoms with Gasteiger partial charge < -0.3 is 15.3 Å². The number of carboxylic acid groups (broad SMARTS) is 1. The summed E-state index contributed by atoms with van der Waals surface area (Å²) in [6.07, 6.45) is -0.130. The van der Waals surface area contributed by atoms with Gasteiger partial charge in [-0.3, -0.25) is 0 Å². The van der Waals surface area contributed by atoms with Gasteiger partial charge in [-0.15, -0.1) is 11.6 Å². The number of alkyl halides is 1.